The first-order chi connectivity index (χ1) is 12.4. The zero-order chi connectivity index (χ0) is 18.9. The molecule has 0 bridgehead atoms. The van der Waals surface area contributed by atoms with Gasteiger partial charge < -0.3 is 15.2 Å². The van der Waals surface area contributed by atoms with Crippen LogP contribution in [-0.2, 0) is 10.5 Å². The van der Waals surface area contributed by atoms with Crippen molar-refractivity contribution in [1.29, 1.82) is 0 Å². The topological polar surface area (TPSA) is 88.5 Å². The van der Waals surface area contributed by atoms with Gasteiger partial charge in [0.1, 0.15) is 0 Å². The van der Waals surface area contributed by atoms with Crippen molar-refractivity contribution in [2.45, 2.75) is 32.1 Å². The number of hydrogen-bond acceptors (Lipinski definition) is 5. The van der Waals surface area contributed by atoms with Crippen LogP contribution in [0.2, 0.25) is 0 Å². The Bertz CT molecular complexity index is 747. The summed E-state index contributed by atoms with van der Waals surface area (Å²) in [6, 6.07) is 10.8. The molecule has 1 aromatic heterocycles. The van der Waals surface area contributed by atoms with E-state index < -0.39 is 5.97 Å². The molecule has 6 nitrogen and oxygen atoms in total. The number of nitrogens with one attached hydrogen (secondary N) is 1. The molecule has 0 radical (unpaired) electrons. The third-order valence-corrected chi connectivity index (χ3v) is 4.30. The number of carboxylic acid groups (broad SMARTS) is 1. The highest BCUT2D eigenvalue weighted by Crippen LogP contribution is 2.18. The van der Waals surface area contributed by atoms with Crippen LogP contribution in [0.1, 0.15) is 36.2 Å². The molecule has 0 saturated heterocycles. The lowest BCUT2D eigenvalue weighted by atomic mass is 10.2. The van der Waals surface area contributed by atoms with Crippen LogP contribution in [0, 0.1) is 0 Å². The Morgan fingerprint density at radius 3 is 2.73 bits per heavy atom. The summed E-state index contributed by atoms with van der Waals surface area (Å²) in [4.78, 5) is 27.0. The highest BCUT2D eigenvalue weighted by molar-refractivity contribution is 7.98. The van der Waals surface area contributed by atoms with Crippen molar-refractivity contribution in [2.75, 3.05) is 11.1 Å². The molecule has 1 amide bonds. The molecule has 0 aliphatic heterocycles. The summed E-state index contributed by atoms with van der Waals surface area (Å²) in [5.74, 6) is 0.695. The van der Waals surface area contributed by atoms with E-state index in [2.05, 4.69) is 10.3 Å². The summed E-state index contributed by atoms with van der Waals surface area (Å²) in [5.41, 5.74) is 2.16. The first-order valence-electron chi connectivity index (χ1n) is 8.26. The van der Waals surface area contributed by atoms with E-state index in [1.54, 1.807) is 23.9 Å². The van der Waals surface area contributed by atoms with Crippen LogP contribution in [-0.4, -0.2) is 33.8 Å². The number of pyridine rings is 1. The van der Waals surface area contributed by atoms with Gasteiger partial charge in [0.15, 0.2) is 0 Å². The van der Waals surface area contributed by atoms with E-state index in [9.17, 15) is 9.59 Å². The first-order valence-corrected chi connectivity index (χ1v) is 9.42. The smallest absolute Gasteiger partial charge is 0.304 e. The second kappa shape index (κ2) is 9.82. The van der Waals surface area contributed by atoms with Crippen LogP contribution in [0.25, 0.3) is 0 Å². The standard InChI is InChI=1S/C19H22N2O4S/c1-13(2)25-17-7-6-15(11-20-17)19(24)21-16-5-3-4-14(10-16)12-26-9-8-18(22)23/h3-7,10-11,13H,8-9,12H2,1-2H3,(H,21,24)(H,22,23). The number of amides is 1. The van der Waals surface area contributed by atoms with Gasteiger partial charge in [-0.05, 0) is 37.6 Å². The molecule has 2 rings (SSSR count). The molecule has 1 heterocycles. The van der Waals surface area contributed by atoms with E-state index >= 15 is 0 Å². The van der Waals surface area contributed by atoms with E-state index in [0.717, 1.165) is 5.56 Å². The van der Waals surface area contributed by atoms with Gasteiger partial charge >= 0.3 is 5.97 Å². The molecule has 1 aromatic carbocycles. The van der Waals surface area contributed by atoms with Crippen LogP contribution >= 0.6 is 11.8 Å². The Morgan fingerprint density at radius 1 is 1.27 bits per heavy atom. The fraction of sp³-hybridized carbons (Fsp3) is 0.316. The maximum atomic E-state index is 12.3. The molecule has 2 aromatic rings. The maximum absolute atomic E-state index is 12.3. The largest absolute Gasteiger partial charge is 0.481 e. The van der Waals surface area contributed by atoms with E-state index in [1.165, 1.54) is 6.20 Å². The number of carboxylic acids is 1. The zero-order valence-electron chi connectivity index (χ0n) is 14.8. The number of aromatic nitrogens is 1. The van der Waals surface area contributed by atoms with Crippen LogP contribution in [0.4, 0.5) is 5.69 Å². The van der Waals surface area contributed by atoms with Gasteiger partial charge in [0.2, 0.25) is 5.88 Å². The van der Waals surface area contributed by atoms with Crippen LogP contribution in [0.15, 0.2) is 42.6 Å². The molecule has 0 unspecified atom stereocenters. The van der Waals surface area contributed by atoms with E-state index in [4.69, 9.17) is 9.84 Å². The van der Waals surface area contributed by atoms with Crippen LogP contribution < -0.4 is 10.1 Å². The van der Waals surface area contributed by atoms with Gasteiger partial charge in [0.05, 0.1) is 18.1 Å². The normalized spacial score (nSPS) is 10.6. The fourth-order valence-electron chi connectivity index (χ4n) is 2.12. The molecule has 0 aliphatic rings. The number of carbonyl (C=O) groups excluding carboxylic acids is 1. The minimum Gasteiger partial charge on any atom is -0.481 e. The number of hydrogen-bond donors (Lipinski definition) is 2. The van der Waals surface area contributed by atoms with Crippen molar-refractivity contribution in [3.8, 4) is 5.88 Å². The molecule has 0 spiro atoms. The molecule has 0 saturated carbocycles. The van der Waals surface area contributed by atoms with Gasteiger partial charge in [-0.1, -0.05) is 12.1 Å². The van der Waals surface area contributed by atoms with E-state index in [0.29, 0.717) is 28.6 Å². The predicted molar refractivity (Wildman–Crippen MR) is 103 cm³/mol. The quantitative estimate of drug-likeness (QED) is 0.649. The summed E-state index contributed by atoms with van der Waals surface area (Å²) >= 11 is 1.55. The van der Waals surface area contributed by atoms with Crippen molar-refractivity contribution in [3.05, 3.63) is 53.7 Å². The molecular formula is C19H22N2O4S. The minimum absolute atomic E-state index is 0.0262. The summed E-state index contributed by atoms with van der Waals surface area (Å²) in [6.45, 7) is 3.82. The Morgan fingerprint density at radius 2 is 2.08 bits per heavy atom. The molecule has 0 atom stereocenters. The molecule has 138 valence electrons. The summed E-state index contributed by atoms with van der Waals surface area (Å²) in [6.07, 6.45) is 1.65. The maximum Gasteiger partial charge on any atom is 0.304 e. The summed E-state index contributed by atoms with van der Waals surface area (Å²) < 4.78 is 5.46. The predicted octanol–water partition coefficient (Wildman–Crippen LogP) is 3.83. The number of aliphatic carboxylic acids is 1. The first kappa shape index (κ1) is 19.8. The third-order valence-electron chi connectivity index (χ3n) is 3.27. The average molecular weight is 374 g/mol. The van der Waals surface area contributed by atoms with Gasteiger partial charge in [-0.15, -0.1) is 0 Å². The molecule has 0 aliphatic carbocycles. The third kappa shape index (κ3) is 6.76. The monoisotopic (exact) mass is 374 g/mol. The summed E-state index contributed by atoms with van der Waals surface area (Å²) in [7, 11) is 0. The van der Waals surface area contributed by atoms with Crippen molar-refractivity contribution in [2.24, 2.45) is 0 Å². The fourth-order valence-corrected chi connectivity index (χ4v) is 3.00. The van der Waals surface area contributed by atoms with Gasteiger partial charge in [0.25, 0.3) is 5.91 Å². The highest BCUT2D eigenvalue weighted by Gasteiger charge is 2.08. The Hall–Kier alpha value is -2.54. The van der Waals surface area contributed by atoms with Gasteiger partial charge in [-0.3, -0.25) is 9.59 Å². The SMILES string of the molecule is CC(C)Oc1ccc(C(=O)Nc2cccc(CSCCC(=O)O)c2)cn1. The van der Waals surface area contributed by atoms with Crippen molar-refractivity contribution < 1.29 is 19.4 Å². The Balaban J connectivity index is 1.92. The molecule has 0 fully saturated rings. The van der Waals surface area contributed by atoms with Gasteiger partial charge in [0, 0.05) is 29.5 Å². The second-order valence-electron chi connectivity index (χ2n) is 5.90. The number of benzene rings is 1. The highest BCUT2D eigenvalue weighted by atomic mass is 32.2. The van der Waals surface area contributed by atoms with Crippen LogP contribution in [0.5, 0.6) is 5.88 Å². The lowest BCUT2D eigenvalue weighted by Gasteiger charge is -2.10. The van der Waals surface area contributed by atoms with Crippen molar-refractivity contribution in [1.82, 2.24) is 4.98 Å². The van der Waals surface area contributed by atoms with Gasteiger partial charge in [-0.2, -0.15) is 11.8 Å². The molecule has 26 heavy (non-hydrogen) atoms. The molecule has 2 N–H and O–H groups in total. The Kier molecular flexibility index (Phi) is 7.47. The number of nitrogens with zero attached hydrogens (tertiary/aromatic N) is 1. The number of carbonyl (C=O) groups is 2. The van der Waals surface area contributed by atoms with E-state index in [-0.39, 0.29) is 18.4 Å². The van der Waals surface area contributed by atoms with Gasteiger partial charge in [-0.25, -0.2) is 4.98 Å². The second-order valence-corrected chi connectivity index (χ2v) is 7.01. The van der Waals surface area contributed by atoms with Crippen molar-refractivity contribution >= 4 is 29.3 Å². The summed E-state index contributed by atoms with van der Waals surface area (Å²) in [5, 5.41) is 11.5. The molecule has 7 heteroatoms. The lowest BCUT2D eigenvalue weighted by molar-refractivity contribution is -0.136. The minimum atomic E-state index is -0.795. The number of thioether (sulfide) groups is 1. The number of rotatable bonds is 9. The lowest BCUT2D eigenvalue weighted by Crippen LogP contribution is -2.13. The average Bonchev–Trinajstić information content (AvgIpc) is 2.59. The van der Waals surface area contributed by atoms with Crippen LogP contribution in [0.3, 0.4) is 0 Å². The number of ether oxygens (including phenoxy) is 1. The number of anilines is 1. The Labute approximate surface area is 157 Å². The van der Waals surface area contributed by atoms with Crippen molar-refractivity contribution in [3.63, 3.8) is 0 Å². The van der Waals surface area contributed by atoms with E-state index in [1.807, 2.05) is 38.1 Å². The molecular weight excluding hydrogens is 352 g/mol. The zero-order valence-corrected chi connectivity index (χ0v) is 15.6.